The van der Waals surface area contributed by atoms with Gasteiger partial charge in [0.25, 0.3) is 0 Å². The van der Waals surface area contributed by atoms with Gasteiger partial charge in [0.1, 0.15) is 0 Å². The van der Waals surface area contributed by atoms with Crippen LogP contribution in [0.15, 0.2) is 41.1 Å². The first kappa shape index (κ1) is 12.0. The van der Waals surface area contributed by atoms with Crippen LogP contribution in [0, 0.1) is 3.57 Å². The van der Waals surface area contributed by atoms with Crippen molar-refractivity contribution in [1.82, 2.24) is 5.43 Å². The molecule has 1 atom stereocenters. The normalized spacial score (nSPS) is 12.6. The summed E-state index contributed by atoms with van der Waals surface area (Å²) in [6.45, 7) is 0. The van der Waals surface area contributed by atoms with Gasteiger partial charge < -0.3 is 0 Å². The van der Waals surface area contributed by atoms with E-state index < -0.39 is 0 Å². The largest absolute Gasteiger partial charge is 0.271 e. The molecule has 1 unspecified atom stereocenters. The van der Waals surface area contributed by atoms with Crippen LogP contribution in [0.3, 0.4) is 0 Å². The summed E-state index contributed by atoms with van der Waals surface area (Å²) in [5, 5.41) is 4.26. The highest BCUT2D eigenvalue weighted by Gasteiger charge is 2.13. The molecule has 0 fully saturated rings. The van der Waals surface area contributed by atoms with Crippen LogP contribution in [-0.4, -0.2) is 0 Å². The number of hydrazine groups is 1. The lowest BCUT2D eigenvalue weighted by molar-refractivity contribution is 0.550. The number of nitrogens with two attached hydrogens (primary N) is 1. The van der Waals surface area contributed by atoms with Gasteiger partial charge in [0, 0.05) is 3.57 Å². The molecule has 0 aliphatic rings. The Morgan fingerprint density at radius 2 is 2.12 bits per heavy atom. The minimum Gasteiger partial charge on any atom is -0.271 e. The Morgan fingerprint density at radius 3 is 2.75 bits per heavy atom. The number of hydrogen-bond acceptors (Lipinski definition) is 3. The van der Waals surface area contributed by atoms with Gasteiger partial charge in [0.2, 0.25) is 0 Å². The molecule has 1 aromatic heterocycles. The first-order chi connectivity index (χ1) is 7.81. The van der Waals surface area contributed by atoms with Crippen LogP contribution in [0.4, 0.5) is 0 Å². The minimum atomic E-state index is 0.183. The fourth-order valence-electron chi connectivity index (χ4n) is 1.66. The molecule has 84 valence electrons. The summed E-state index contributed by atoms with van der Waals surface area (Å²) in [5.41, 5.74) is 5.48. The maximum Gasteiger partial charge on any atom is 0.0511 e. The van der Waals surface area contributed by atoms with E-state index in [-0.39, 0.29) is 6.04 Å². The summed E-state index contributed by atoms with van der Waals surface area (Å²) in [4.78, 5) is 0. The van der Waals surface area contributed by atoms with Gasteiger partial charge in [-0.2, -0.15) is 11.3 Å². The summed E-state index contributed by atoms with van der Waals surface area (Å²) >= 11 is 4.07. The van der Waals surface area contributed by atoms with Gasteiger partial charge in [0.05, 0.1) is 6.04 Å². The molecule has 0 bridgehead atoms. The van der Waals surface area contributed by atoms with Crippen molar-refractivity contribution in [3.8, 4) is 0 Å². The third-order valence-corrected chi connectivity index (χ3v) is 4.22. The molecular formula is C12H13IN2S. The zero-order valence-electron chi connectivity index (χ0n) is 8.69. The number of benzene rings is 1. The van der Waals surface area contributed by atoms with Crippen LogP contribution in [0.25, 0.3) is 0 Å². The summed E-state index contributed by atoms with van der Waals surface area (Å²) in [6.07, 6.45) is 0.931. The van der Waals surface area contributed by atoms with Crippen molar-refractivity contribution >= 4 is 33.9 Å². The van der Waals surface area contributed by atoms with E-state index in [1.807, 2.05) is 6.07 Å². The number of thiophene rings is 1. The van der Waals surface area contributed by atoms with Gasteiger partial charge in [0.15, 0.2) is 0 Å². The molecule has 1 heterocycles. The van der Waals surface area contributed by atoms with Crippen LogP contribution in [0.1, 0.15) is 17.2 Å². The molecule has 2 rings (SSSR count). The van der Waals surface area contributed by atoms with Gasteiger partial charge >= 0.3 is 0 Å². The maximum absolute atomic E-state index is 5.64. The molecule has 0 amide bonds. The van der Waals surface area contributed by atoms with E-state index in [9.17, 15) is 0 Å². The smallest absolute Gasteiger partial charge is 0.0511 e. The first-order valence-corrected chi connectivity index (χ1v) is 7.05. The van der Waals surface area contributed by atoms with E-state index in [1.54, 1.807) is 11.3 Å². The molecule has 16 heavy (non-hydrogen) atoms. The highest BCUT2D eigenvalue weighted by Crippen LogP contribution is 2.23. The molecule has 0 aliphatic heterocycles. The molecule has 0 saturated carbocycles. The van der Waals surface area contributed by atoms with Crippen molar-refractivity contribution in [2.75, 3.05) is 0 Å². The van der Waals surface area contributed by atoms with Gasteiger partial charge in [-0.05, 0) is 63.0 Å². The van der Waals surface area contributed by atoms with Crippen LogP contribution >= 0.6 is 33.9 Å². The Morgan fingerprint density at radius 1 is 1.31 bits per heavy atom. The van der Waals surface area contributed by atoms with E-state index in [0.717, 1.165) is 6.42 Å². The van der Waals surface area contributed by atoms with Crippen LogP contribution in [0.2, 0.25) is 0 Å². The van der Waals surface area contributed by atoms with Crippen molar-refractivity contribution < 1.29 is 0 Å². The van der Waals surface area contributed by atoms with Crippen LogP contribution in [0.5, 0.6) is 0 Å². The Bertz CT molecular complexity index is 442. The molecule has 0 spiro atoms. The summed E-state index contributed by atoms with van der Waals surface area (Å²) in [7, 11) is 0. The lowest BCUT2D eigenvalue weighted by atomic mass is 10.0. The van der Waals surface area contributed by atoms with E-state index in [2.05, 4.69) is 63.0 Å². The number of halogens is 1. The number of hydrogen-bond donors (Lipinski definition) is 2. The Balaban J connectivity index is 2.20. The molecule has 2 aromatic rings. The standard InChI is InChI=1S/C12H13IN2S/c13-11-4-2-1-3-10(11)12(15-14)7-9-5-6-16-8-9/h1-6,8,12,15H,7,14H2. The number of nitrogens with one attached hydrogen (secondary N) is 1. The van der Waals surface area contributed by atoms with Crippen molar-refractivity contribution in [3.05, 3.63) is 55.8 Å². The Labute approximate surface area is 113 Å². The minimum absolute atomic E-state index is 0.183. The molecule has 0 radical (unpaired) electrons. The quantitative estimate of drug-likeness (QED) is 0.508. The molecule has 0 aliphatic carbocycles. The predicted octanol–water partition coefficient (Wildman–Crippen LogP) is 3.10. The molecule has 3 N–H and O–H groups in total. The van der Waals surface area contributed by atoms with Gasteiger partial charge in [-0.15, -0.1) is 0 Å². The summed E-state index contributed by atoms with van der Waals surface area (Å²) in [6, 6.07) is 10.7. The second kappa shape index (κ2) is 5.77. The van der Waals surface area contributed by atoms with Crippen molar-refractivity contribution in [2.45, 2.75) is 12.5 Å². The molecular weight excluding hydrogens is 331 g/mol. The second-order valence-electron chi connectivity index (χ2n) is 3.58. The highest BCUT2D eigenvalue weighted by molar-refractivity contribution is 14.1. The van der Waals surface area contributed by atoms with Crippen molar-refractivity contribution in [3.63, 3.8) is 0 Å². The third-order valence-electron chi connectivity index (χ3n) is 2.50. The van der Waals surface area contributed by atoms with Crippen LogP contribution in [-0.2, 0) is 6.42 Å². The maximum atomic E-state index is 5.64. The number of rotatable bonds is 4. The SMILES string of the molecule is NNC(Cc1ccsc1)c1ccccc1I. The Kier molecular flexibility index (Phi) is 4.34. The fraction of sp³-hybridized carbons (Fsp3) is 0.167. The van der Waals surface area contributed by atoms with Crippen LogP contribution < -0.4 is 11.3 Å². The average Bonchev–Trinajstić information content (AvgIpc) is 2.80. The van der Waals surface area contributed by atoms with Gasteiger partial charge in [-0.3, -0.25) is 11.3 Å². The summed E-state index contributed by atoms with van der Waals surface area (Å²) < 4.78 is 1.25. The van der Waals surface area contributed by atoms with Gasteiger partial charge in [-0.1, -0.05) is 18.2 Å². The lowest BCUT2D eigenvalue weighted by Crippen LogP contribution is -2.30. The Hall–Kier alpha value is -0.430. The zero-order chi connectivity index (χ0) is 11.4. The second-order valence-corrected chi connectivity index (χ2v) is 5.52. The van der Waals surface area contributed by atoms with E-state index in [4.69, 9.17) is 5.84 Å². The van der Waals surface area contributed by atoms with Crippen molar-refractivity contribution in [1.29, 1.82) is 0 Å². The first-order valence-electron chi connectivity index (χ1n) is 5.03. The molecule has 4 heteroatoms. The van der Waals surface area contributed by atoms with E-state index >= 15 is 0 Å². The molecule has 2 nitrogen and oxygen atoms in total. The van der Waals surface area contributed by atoms with E-state index in [1.165, 1.54) is 14.7 Å². The van der Waals surface area contributed by atoms with Crippen molar-refractivity contribution in [2.24, 2.45) is 5.84 Å². The lowest BCUT2D eigenvalue weighted by Gasteiger charge is -2.17. The van der Waals surface area contributed by atoms with Gasteiger partial charge in [-0.25, -0.2) is 0 Å². The highest BCUT2D eigenvalue weighted by atomic mass is 127. The molecule has 1 aromatic carbocycles. The average molecular weight is 344 g/mol. The third kappa shape index (κ3) is 2.82. The zero-order valence-corrected chi connectivity index (χ0v) is 11.7. The predicted molar refractivity (Wildman–Crippen MR) is 77.2 cm³/mol. The molecule has 0 saturated heterocycles. The van der Waals surface area contributed by atoms with E-state index in [0.29, 0.717) is 0 Å². The topological polar surface area (TPSA) is 38.0 Å². The monoisotopic (exact) mass is 344 g/mol. The fourth-order valence-corrected chi connectivity index (χ4v) is 3.11. The summed E-state index contributed by atoms with van der Waals surface area (Å²) in [5.74, 6) is 5.64.